The normalized spacial score (nSPS) is 10.2. The quantitative estimate of drug-likeness (QED) is 0.845. The number of hydrogen-bond acceptors (Lipinski definition) is 3. The summed E-state index contributed by atoms with van der Waals surface area (Å²) in [4.78, 5) is 13.7. The van der Waals surface area contributed by atoms with Gasteiger partial charge in [0, 0.05) is 6.07 Å². The summed E-state index contributed by atoms with van der Waals surface area (Å²) in [6.45, 7) is 2.31. The Bertz CT molecular complexity index is 576. The molecule has 0 atom stereocenters. The molecule has 0 spiro atoms. The molecule has 4 nitrogen and oxygen atoms in total. The number of anilines is 1. The van der Waals surface area contributed by atoms with Crippen LogP contribution < -0.4 is 16.0 Å². The average Bonchev–Trinajstić information content (AvgIpc) is 2.27. The zero-order chi connectivity index (χ0) is 12.3. The summed E-state index contributed by atoms with van der Waals surface area (Å²) in [5.41, 5.74) is 7.15. The highest BCUT2D eigenvalue weighted by Crippen LogP contribution is 2.17. The van der Waals surface area contributed by atoms with E-state index in [1.165, 1.54) is 6.07 Å². The Morgan fingerprint density at radius 1 is 1.29 bits per heavy atom. The van der Waals surface area contributed by atoms with E-state index in [0.717, 1.165) is 16.9 Å². The topological polar surface area (TPSA) is 68.1 Å². The molecule has 1 aromatic carbocycles. The minimum absolute atomic E-state index is 0.214. The average molecular weight is 230 g/mol. The van der Waals surface area contributed by atoms with Crippen LogP contribution in [0.1, 0.15) is 11.1 Å². The van der Waals surface area contributed by atoms with Crippen molar-refractivity contribution < 1.29 is 4.74 Å². The Kier molecular flexibility index (Phi) is 3.14. The van der Waals surface area contributed by atoms with Crippen LogP contribution in [0.3, 0.4) is 0 Å². The number of para-hydroxylation sites is 1. The monoisotopic (exact) mass is 230 g/mol. The van der Waals surface area contributed by atoms with Crippen molar-refractivity contribution in [3.63, 3.8) is 0 Å². The molecule has 1 aromatic heterocycles. The van der Waals surface area contributed by atoms with Crippen molar-refractivity contribution >= 4 is 5.82 Å². The van der Waals surface area contributed by atoms with Crippen molar-refractivity contribution in [2.45, 2.75) is 13.5 Å². The lowest BCUT2D eigenvalue weighted by Crippen LogP contribution is -2.10. The molecule has 0 saturated heterocycles. The third-order valence-corrected chi connectivity index (χ3v) is 2.41. The molecule has 1 heterocycles. The zero-order valence-corrected chi connectivity index (χ0v) is 9.57. The Balaban J connectivity index is 2.13. The van der Waals surface area contributed by atoms with Crippen LogP contribution in [0.5, 0.6) is 5.75 Å². The molecular formula is C13H14N2O2. The van der Waals surface area contributed by atoms with Gasteiger partial charge in [0.1, 0.15) is 18.2 Å². The van der Waals surface area contributed by atoms with Gasteiger partial charge in [-0.1, -0.05) is 18.2 Å². The predicted molar refractivity (Wildman–Crippen MR) is 67.0 cm³/mol. The van der Waals surface area contributed by atoms with Crippen LogP contribution in [-0.2, 0) is 6.61 Å². The smallest absolute Gasteiger partial charge is 0.249 e. The molecule has 3 N–H and O–H groups in total. The molecule has 0 fully saturated rings. The fourth-order valence-corrected chi connectivity index (χ4v) is 1.59. The van der Waals surface area contributed by atoms with E-state index in [2.05, 4.69) is 4.98 Å². The maximum absolute atomic E-state index is 11.2. The van der Waals surface area contributed by atoms with Crippen molar-refractivity contribution in [1.29, 1.82) is 0 Å². The molecule has 0 aliphatic rings. The summed E-state index contributed by atoms with van der Waals surface area (Å²) in [5, 5.41) is 0. The van der Waals surface area contributed by atoms with E-state index in [0.29, 0.717) is 12.4 Å². The van der Waals surface area contributed by atoms with E-state index < -0.39 is 0 Å². The maximum Gasteiger partial charge on any atom is 0.249 e. The second-order valence-electron chi connectivity index (χ2n) is 3.86. The lowest BCUT2D eigenvalue weighted by atomic mass is 10.2. The van der Waals surface area contributed by atoms with Crippen LogP contribution in [0, 0.1) is 6.92 Å². The second kappa shape index (κ2) is 4.74. The summed E-state index contributed by atoms with van der Waals surface area (Å²) >= 11 is 0. The minimum atomic E-state index is -0.214. The van der Waals surface area contributed by atoms with Gasteiger partial charge >= 0.3 is 0 Å². The van der Waals surface area contributed by atoms with Gasteiger partial charge in [0.2, 0.25) is 5.56 Å². The lowest BCUT2D eigenvalue weighted by Gasteiger charge is -2.08. The van der Waals surface area contributed by atoms with Crippen molar-refractivity contribution in [2.75, 3.05) is 5.73 Å². The predicted octanol–water partition coefficient (Wildman–Crippen LogP) is 1.84. The molecule has 0 bridgehead atoms. The van der Waals surface area contributed by atoms with Gasteiger partial charge in [0.25, 0.3) is 0 Å². The highest BCUT2D eigenvalue weighted by Gasteiger charge is 2.00. The molecule has 88 valence electrons. The number of ether oxygens (including phenoxy) is 1. The van der Waals surface area contributed by atoms with E-state index in [1.807, 2.05) is 31.2 Å². The van der Waals surface area contributed by atoms with Crippen LogP contribution in [0.15, 0.2) is 41.2 Å². The first-order valence-electron chi connectivity index (χ1n) is 5.32. The standard InChI is InChI=1S/C13H14N2O2/c1-9-4-2-3-5-11(9)17-8-10-6-12(14)15-13(16)7-10/h2-7H,8H2,1H3,(H3,14,15,16). The lowest BCUT2D eigenvalue weighted by molar-refractivity contribution is 0.304. The summed E-state index contributed by atoms with van der Waals surface area (Å²) in [5.74, 6) is 1.16. The molecule has 2 rings (SSSR count). The van der Waals surface area contributed by atoms with Gasteiger partial charge in [-0.2, -0.15) is 0 Å². The molecule has 2 aromatic rings. The Morgan fingerprint density at radius 3 is 2.76 bits per heavy atom. The number of pyridine rings is 1. The first-order valence-corrected chi connectivity index (χ1v) is 5.32. The summed E-state index contributed by atoms with van der Waals surface area (Å²) in [6, 6.07) is 10.9. The second-order valence-corrected chi connectivity index (χ2v) is 3.86. The number of H-pyrrole nitrogens is 1. The highest BCUT2D eigenvalue weighted by atomic mass is 16.5. The zero-order valence-electron chi connectivity index (χ0n) is 9.57. The van der Waals surface area contributed by atoms with Crippen LogP contribution >= 0.6 is 0 Å². The van der Waals surface area contributed by atoms with Crippen LogP contribution in [0.25, 0.3) is 0 Å². The van der Waals surface area contributed by atoms with Gasteiger partial charge in [0.15, 0.2) is 0 Å². The molecule has 17 heavy (non-hydrogen) atoms. The molecular weight excluding hydrogens is 216 g/mol. The summed E-state index contributed by atoms with van der Waals surface area (Å²) in [7, 11) is 0. The molecule has 4 heteroatoms. The molecule has 0 unspecified atom stereocenters. The number of hydrogen-bond donors (Lipinski definition) is 2. The number of aryl methyl sites for hydroxylation is 1. The molecule has 0 amide bonds. The Labute approximate surface area is 99.1 Å². The largest absolute Gasteiger partial charge is 0.489 e. The molecule has 0 aliphatic carbocycles. The van der Waals surface area contributed by atoms with Gasteiger partial charge in [0.05, 0.1) is 0 Å². The Hall–Kier alpha value is -2.23. The number of nitrogens with one attached hydrogen (secondary N) is 1. The van der Waals surface area contributed by atoms with Crippen molar-refractivity contribution in [2.24, 2.45) is 0 Å². The summed E-state index contributed by atoms with van der Waals surface area (Å²) in [6.07, 6.45) is 0. The fraction of sp³-hybridized carbons (Fsp3) is 0.154. The van der Waals surface area contributed by atoms with Crippen LogP contribution in [0.2, 0.25) is 0 Å². The van der Waals surface area contributed by atoms with Crippen molar-refractivity contribution in [1.82, 2.24) is 4.98 Å². The van der Waals surface area contributed by atoms with E-state index in [4.69, 9.17) is 10.5 Å². The molecule has 0 saturated carbocycles. The van der Waals surface area contributed by atoms with E-state index in [9.17, 15) is 4.79 Å². The third-order valence-electron chi connectivity index (χ3n) is 2.41. The van der Waals surface area contributed by atoms with E-state index in [1.54, 1.807) is 6.07 Å². The van der Waals surface area contributed by atoms with Gasteiger partial charge in [-0.05, 0) is 30.2 Å². The first-order chi connectivity index (χ1) is 8.15. The van der Waals surface area contributed by atoms with Gasteiger partial charge in [-0.25, -0.2) is 0 Å². The number of benzene rings is 1. The molecule has 0 radical (unpaired) electrons. The number of rotatable bonds is 3. The van der Waals surface area contributed by atoms with Gasteiger partial charge in [-0.3, -0.25) is 4.79 Å². The SMILES string of the molecule is Cc1ccccc1OCc1cc(N)[nH]c(=O)c1. The highest BCUT2D eigenvalue weighted by molar-refractivity contribution is 5.34. The van der Waals surface area contributed by atoms with E-state index in [-0.39, 0.29) is 5.56 Å². The maximum atomic E-state index is 11.2. The minimum Gasteiger partial charge on any atom is -0.489 e. The Morgan fingerprint density at radius 2 is 2.06 bits per heavy atom. The number of nitrogen functional groups attached to an aromatic ring is 1. The summed E-state index contributed by atoms with van der Waals surface area (Å²) < 4.78 is 5.62. The van der Waals surface area contributed by atoms with Gasteiger partial charge < -0.3 is 15.5 Å². The third kappa shape index (κ3) is 2.87. The van der Waals surface area contributed by atoms with Crippen LogP contribution in [-0.4, -0.2) is 4.98 Å². The van der Waals surface area contributed by atoms with E-state index >= 15 is 0 Å². The van der Waals surface area contributed by atoms with Crippen molar-refractivity contribution in [3.05, 3.63) is 57.9 Å². The number of aromatic nitrogens is 1. The number of nitrogens with two attached hydrogens (primary N) is 1. The van der Waals surface area contributed by atoms with Crippen molar-refractivity contribution in [3.8, 4) is 5.75 Å². The van der Waals surface area contributed by atoms with Crippen LogP contribution in [0.4, 0.5) is 5.82 Å². The number of aromatic amines is 1. The molecule has 0 aliphatic heterocycles. The first kappa shape index (κ1) is 11.3. The fourth-order valence-electron chi connectivity index (χ4n) is 1.59. The van der Waals surface area contributed by atoms with Gasteiger partial charge in [-0.15, -0.1) is 0 Å².